The van der Waals surface area contributed by atoms with Crippen molar-refractivity contribution < 1.29 is 5.11 Å². The molecular formula is C46H28N4O. The summed E-state index contributed by atoms with van der Waals surface area (Å²) >= 11 is 0. The smallest absolute Gasteiger partial charge is 0.235 e. The second-order valence-corrected chi connectivity index (χ2v) is 12.7. The van der Waals surface area contributed by atoms with Gasteiger partial charge in [0.1, 0.15) is 5.75 Å². The van der Waals surface area contributed by atoms with E-state index in [1.807, 2.05) is 65.2 Å². The minimum Gasteiger partial charge on any atom is -0.507 e. The van der Waals surface area contributed by atoms with E-state index in [9.17, 15) is 5.11 Å². The summed E-state index contributed by atoms with van der Waals surface area (Å²) in [6, 6.07) is 55.5. The lowest BCUT2D eigenvalue weighted by Crippen LogP contribution is -2.03. The Morgan fingerprint density at radius 1 is 0.451 bits per heavy atom. The van der Waals surface area contributed by atoms with Gasteiger partial charge >= 0.3 is 0 Å². The van der Waals surface area contributed by atoms with Crippen LogP contribution in [0.4, 0.5) is 0 Å². The Kier molecular flexibility index (Phi) is 6.48. The molecule has 0 spiro atoms. The quantitative estimate of drug-likeness (QED) is 0.193. The first-order chi connectivity index (χ1) is 25.2. The molecule has 7 aromatic carbocycles. The molecule has 0 aliphatic rings. The van der Waals surface area contributed by atoms with E-state index in [4.69, 9.17) is 9.97 Å². The summed E-state index contributed by atoms with van der Waals surface area (Å²) in [4.78, 5) is 10.2. The summed E-state index contributed by atoms with van der Waals surface area (Å²) in [5.41, 5.74) is 9.30. The van der Waals surface area contributed by atoms with Crippen LogP contribution < -0.4 is 0 Å². The van der Waals surface area contributed by atoms with Crippen molar-refractivity contribution in [3.05, 3.63) is 175 Å². The van der Waals surface area contributed by atoms with Crippen molar-refractivity contribution >= 4 is 54.5 Å². The van der Waals surface area contributed by atoms with Crippen LogP contribution in [-0.4, -0.2) is 24.2 Å². The molecule has 0 saturated heterocycles. The molecule has 5 heteroatoms. The minimum atomic E-state index is 0.102. The number of nitrogens with zero attached hydrogens (tertiary/aromatic N) is 4. The van der Waals surface area contributed by atoms with Crippen molar-refractivity contribution in [3.63, 3.8) is 0 Å². The summed E-state index contributed by atoms with van der Waals surface area (Å²) in [5, 5.41) is 16.8. The number of fused-ring (bicyclic) bond motifs is 7. The first-order valence-corrected chi connectivity index (χ1v) is 16.9. The molecule has 0 amide bonds. The van der Waals surface area contributed by atoms with Gasteiger partial charge in [0.25, 0.3) is 0 Å². The van der Waals surface area contributed by atoms with Crippen molar-refractivity contribution in [2.24, 2.45) is 0 Å². The molecule has 238 valence electrons. The fourth-order valence-electron chi connectivity index (χ4n) is 7.35. The number of hydrogen-bond donors (Lipinski definition) is 1. The molecule has 0 unspecified atom stereocenters. The molecule has 0 saturated carbocycles. The molecule has 0 aliphatic carbocycles. The SMILES string of the molecule is Oc1cc2c(cc1C#Cc1ccc3c(c1)c1ccccc1n3-c1ccccc1)c1ccccc1n2-c1nc(-c2ccccc2)c2ccccc2n1. The van der Waals surface area contributed by atoms with E-state index < -0.39 is 0 Å². The summed E-state index contributed by atoms with van der Waals surface area (Å²) in [6.45, 7) is 0. The number of hydrogen-bond acceptors (Lipinski definition) is 3. The van der Waals surface area contributed by atoms with Gasteiger partial charge in [0.2, 0.25) is 5.95 Å². The molecule has 3 aromatic heterocycles. The largest absolute Gasteiger partial charge is 0.507 e. The van der Waals surface area contributed by atoms with E-state index in [0.717, 1.165) is 71.6 Å². The van der Waals surface area contributed by atoms with Gasteiger partial charge in [0.15, 0.2) is 0 Å². The second-order valence-electron chi connectivity index (χ2n) is 12.7. The molecule has 51 heavy (non-hydrogen) atoms. The topological polar surface area (TPSA) is 55.9 Å². The van der Waals surface area contributed by atoms with Crippen LogP contribution in [0.5, 0.6) is 5.75 Å². The summed E-state index contributed by atoms with van der Waals surface area (Å²) in [6.07, 6.45) is 0. The average molecular weight is 653 g/mol. The highest BCUT2D eigenvalue weighted by Gasteiger charge is 2.19. The number of rotatable bonds is 3. The van der Waals surface area contributed by atoms with Crippen LogP contribution in [0.25, 0.3) is 77.4 Å². The minimum absolute atomic E-state index is 0.102. The number of aromatic hydroxyl groups is 1. The molecule has 5 nitrogen and oxygen atoms in total. The van der Waals surface area contributed by atoms with Gasteiger partial charge in [0, 0.05) is 49.8 Å². The van der Waals surface area contributed by atoms with E-state index in [0.29, 0.717) is 11.5 Å². The van der Waals surface area contributed by atoms with Gasteiger partial charge in [-0.05, 0) is 54.6 Å². The molecule has 10 aromatic rings. The van der Waals surface area contributed by atoms with Crippen molar-refractivity contribution in [2.75, 3.05) is 0 Å². The maximum atomic E-state index is 11.5. The molecule has 0 fully saturated rings. The Morgan fingerprint density at radius 2 is 1.06 bits per heavy atom. The molecule has 0 bridgehead atoms. The lowest BCUT2D eigenvalue weighted by molar-refractivity contribution is 0.474. The fraction of sp³-hybridized carbons (Fsp3) is 0. The molecular weight excluding hydrogens is 625 g/mol. The third kappa shape index (κ3) is 4.66. The van der Waals surface area contributed by atoms with Crippen LogP contribution in [0.3, 0.4) is 0 Å². The number of para-hydroxylation sites is 4. The lowest BCUT2D eigenvalue weighted by atomic mass is 10.1. The van der Waals surface area contributed by atoms with Crippen LogP contribution in [0.1, 0.15) is 11.1 Å². The molecule has 3 heterocycles. The van der Waals surface area contributed by atoms with Crippen LogP contribution in [0, 0.1) is 11.8 Å². The van der Waals surface area contributed by atoms with E-state index >= 15 is 0 Å². The molecule has 0 aliphatic heterocycles. The van der Waals surface area contributed by atoms with Gasteiger partial charge in [-0.1, -0.05) is 115 Å². The average Bonchev–Trinajstić information content (AvgIpc) is 3.69. The molecule has 10 rings (SSSR count). The predicted molar refractivity (Wildman–Crippen MR) is 208 cm³/mol. The van der Waals surface area contributed by atoms with E-state index in [-0.39, 0.29) is 5.75 Å². The molecule has 0 atom stereocenters. The zero-order valence-corrected chi connectivity index (χ0v) is 27.3. The van der Waals surface area contributed by atoms with Crippen LogP contribution in [0.2, 0.25) is 0 Å². The van der Waals surface area contributed by atoms with Crippen molar-refractivity contribution in [1.82, 2.24) is 19.1 Å². The number of aromatic nitrogens is 4. The zero-order chi connectivity index (χ0) is 33.9. The van der Waals surface area contributed by atoms with E-state index in [1.54, 1.807) is 6.07 Å². The third-order valence-electron chi connectivity index (χ3n) is 9.66. The summed E-state index contributed by atoms with van der Waals surface area (Å²) in [5.74, 6) is 7.29. The first-order valence-electron chi connectivity index (χ1n) is 16.9. The summed E-state index contributed by atoms with van der Waals surface area (Å²) in [7, 11) is 0. The molecule has 1 N–H and O–H groups in total. The standard InChI is InChI=1S/C46H28N4O/c51-44-29-43-38(28-32(44)25-23-30-24-26-42-37(27-30)34-17-8-11-21-40(34)49(42)33-15-5-2-6-16-33)35-18-9-12-22-41(35)50(43)46-47-39-20-10-7-19-36(39)45(48-46)31-13-3-1-4-14-31/h1-22,24,26-29,51H. The maximum Gasteiger partial charge on any atom is 0.235 e. The van der Waals surface area contributed by atoms with E-state index in [2.05, 4.69) is 113 Å². The van der Waals surface area contributed by atoms with E-state index in [1.165, 1.54) is 5.39 Å². The predicted octanol–water partition coefficient (Wildman–Crippen LogP) is 10.6. The highest BCUT2D eigenvalue weighted by molar-refractivity contribution is 6.11. The van der Waals surface area contributed by atoms with Gasteiger partial charge in [-0.3, -0.25) is 4.57 Å². The highest BCUT2D eigenvalue weighted by atomic mass is 16.3. The van der Waals surface area contributed by atoms with Gasteiger partial charge < -0.3 is 9.67 Å². The fourth-order valence-corrected chi connectivity index (χ4v) is 7.35. The number of benzene rings is 7. The third-order valence-corrected chi connectivity index (χ3v) is 9.66. The Morgan fingerprint density at radius 3 is 1.82 bits per heavy atom. The number of phenols is 1. The Hall–Kier alpha value is -7.16. The van der Waals surface area contributed by atoms with Crippen LogP contribution in [0.15, 0.2) is 164 Å². The van der Waals surface area contributed by atoms with Crippen molar-refractivity contribution in [1.29, 1.82) is 0 Å². The Bertz CT molecular complexity index is 3040. The van der Waals surface area contributed by atoms with Crippen LogP contribution >= 0.6 is 0 Å². The highest BCUT2D eigenvalue weighted by Crippen LogP contribution is 2.37. The van der Waals surface area contributed by atoms with Crippen molar-refractivity contribution in [2.45, 2.75) is 0 Å². The molecule has 0 radical (unpaired) electrons. The van der Waals surface area contributed by atoms with Gasteiger partial charge in [-0.15, -0.1) is 0 Å². The second kappa shape index (κ2) is 11.5. The maximum absolute atomic E-state index is 11.5. The normalized spacial score (nSPS) is 11.5. The zero-order valence-electron chi connectivity index (χ0n) is 27.3. The Balaban J connectivity index is 1.12. The van der Waals surface area contributed by atoms with Crippen LogP contribution in [-0.2, 0) is 0 Å². The van der Waals surface area contributed by atoms with Gasteiger partial charge in [0.05, 0.1) is 38.8 Å². The van der Waals surface area contributed by atoms with Gasteiger partial charge in [-0.2, -0.15) is 0 Å². The van der Waals surface area contributed by atoms with Crippen molar-refractivity contribution in [3.8, 4) is 40.5 Å². The lowest BCUT2D eigenvalue weighted by Gasteiger charge is -2.11. The monoisotopic (exact) mass is 652 g/mol. The summed E-state index contributed by atoms with van der Waals surface area (Å²) < 4.78 is 4.33. The Labute approximate surface area is 293 Å². The number of phenolic OH excluding ortho intramolecular Hbond substituents is 1. The first kappa shape index (κ1) is 28.8. The van der Waals surface area contributed by atoms with Gasteiger partial charge in [-0.25, -0.2) is 9.97 Å².